The minimum Gasteiger partial charge on any atom is -0.309 e. The monoisotopic (exact) mass is 547 g/mol. The second-order valence-electron chi connectivity index (χ2n) is 11.1. The number of rotatable bonds is 3. The summed E-state index contributed by atoms with van der Waals surface area (Å²) < 4.78 is 2.39. The van der Waals surface area contributed by atoms with Crippen molar-refractivity contribution in [3.05, 3.63) is 152 Å². The van der Waals surface area contributed by atoms with Gasteiger partial charge in [-0.15, -0.1) is 0 Å². The number of para-hydroxylation sites is 1. The molecule has 0 amide bonds. The smallest absolute Gasteiger partial charge is 0.160 e. The maximum atomic E-state index is 5.08. The highest BCUT2D eigenvalue weighted by atomic mass is 15.0. The standard InChI is InChI=1S/C40H25N3/c1-2-11-27(12-3-1)39-33-16-8-9-17-35(33)41-40(42-39)28-18-21-31(22-19-28)43-36-23-20-26-10-6-7-15-32(26)38(36)34-24-29-13-4-5-14-30(29)25-37(34)43/h1-25H. The van der Waals surface area contributed by atoms with Gasteiger partial charge in [-0.05, 0) is 70.1 Å². The summed E-state index contributed by atoms with van der Waals surface area (Å²) in [4.78, 5) is 10.1. The molecule has 0 spiro atoms. The summed E-state index contributed by atoms with van der Waals surface area (Å²) in [6.07, 6.45) is 0. The molecule has 0 saturated heterocycles. The lowest BCUT2D eigenvalue weighted by molar-refractivity contribution is 1.18. The molecule has 0 atom stereocenters. The third-order valence-electron chi connectivity index (χ3n) is 8.56. The van der Waals surface area contributed by atoms with Crippen molar-refractivity contribution in [2.45, 2.75) is 0 Å². The van der Waals surface area contributed by atoms with Crippen molar-refractivity contribution in [1.82, 2.24) is 14.5 Å². The summed E-state index contributed by atoms with van der Waals surface area (Å²) in [7, 11) is 0. The fraction of sp³-hybridized carbons (Fsp3) is 0. The first kappa shape index (κ1) is 23.9. The molecule has 0 aliphatic rings. The number of nitrogens with zero attached hydrogens (tertiary/aromatic N) is 3. The summed E-state index contributed by atoms with van der Waals surface area (Å²) in [5, 5.41) is 8.61. The van der Waals surface area contributed by atoms with Crippen LogP contribution in [0, 0.1) is 0 Å². The van der Waals surface area contributed by atoms with Gasteiger partial charge in [0, 0.05) is 33.0 Å². The highest BCUT2D eigenvalue weighted by molar-refractivity contribution is 6.23. The first-order valence-electron chi connectivity index (χ1n) is 14.6. The lowest BCUT2D eigenvalue weighted by Gasteiger charge is -2.11. The Labute approximate surface area is 248 Å². The Kier molecular flexibility index (Phi) is 5.20. The van der Waals surface area contributed by atoms with Crippen LogP contribution in [0.3, 0.4) is 0 Å². The van der Waals surface area contributed by atoms with Crippen LogP contribution < -0.4 is 0 Å². The SMILES string of the molecule is c1ccc(-c2nc(-c3ccc(-n4c5cc6ccccc6cc5c5c6ccccc6ccc54)cc3)nc3ccccc23)cc1. The van der Waals surface area contributed by atoms with E-state index in [9.17, 15) is 0 Å². The van der Waals surface area contributed by atoms with Gasteiger partial charge in [-0.3, -0.25) is 0 Å². The zero-order valence-electron chi connectivity index (χ0n) is 23.3. The summed E-state index contributed by atoms with van der Waals surface area (Å²) in [5.74, 6) is 0.725. The number of hydrogen-bond acceptors (Lipinski definition) is 2. The molecular weight excluding hydrogens is 522 g/mol. The van der Waals surface area contributed by atoms with Gasteiger partial charge in [-0.2, -0.15) is 0 Å². The molecule has 2 aromatic heterocycles. The first-order chi connectivity index (χ1) is 21.3. The molecule has 3 heteroatoms. The van der Waals surface area contributed by atoms with E-state index in [0.717, 1.165) is 39.2 Å². The zero-order chi connectivity index (χ0) is 28.3. The van der Waals surface area contributed by atoms with E-state index in [1.165, 1.54) is 43.4 Å². The van der Waals surface area contributed by atoms with Crippen LogP contribution in [0.15, 0.2) is 152 Å². The molecule has 0 saturated carbocycles. The third-order valence-corrected chi connectivity index (χ3v) is 8.56. The first-order valence-corrected chi connectivity index (χ1v) is 14.6. The van der Waals surface area contributed by atoms with E-state index in [0.29, 0.717) is 0 Å². The molecule has 0 unspecified atom stereocenters. The van der Waals surface area contributed by atoms with E-state index in [1.54, 1.807) is 0 Å². The van der Waals surface area contributed by atoms with E-state index in [2.05, 4.69) is 138 Å². The van der Waals surface area contributed by atoms with Crippen LogP contribution in [-0.4, -0.2) is 14.5 Å². The van der Waals surface area contributed by atoms with E-state index in [1.807, 2.05) is 18.2 Å². The molecule has 200 valence electrons. The number of hydrogen-bond donors (Lipinski definition) is 0. The Balaban J connectivity index is 1.26. The van der Waals surface area contributed by atoms with Gasteiger partial charge in [0.25, 0.3) is 0 Å². The van der Waals surface area contributed by atoms with Gasteiger partial charge in [-0.25, -0.2) is 9.97 Å². The average molecular weight is 548 g/mol. The minimum absolute atomic E-state index is 0.725. The molecule has 2 heterocycles. The van der Waals surface area contributed by atoms with Gasteiger partial charge in [0.15, 0.2) is 5.82 Å². The predicted molar refractivity (Wildman–Crippen MR) is 180 cm³/mol. The molecule has 0 fully saturated rings. The van der Waals surface area contributed by atoms with Crippen molar-refractivity contribution in [3.8, 4) is 28.3 Å². The fourth-order valence-corrected chi connectivity index (χ4v) is 6.53. The molecule has 3 nitrogen and oxygen atoms in total. The number of aromatic nitrogens is 3. The van der Waals surface area contributed by atoms with Crippen molar-refractivity contribution in [2.24, 2.45) is 0 Å². The second-order valence-corrected chi connectivity index (χ2v) is 11.1. The topological polar surface area (TPSA) is 30.7 Å². The molecule has 0 N–H and O–H groups in total. The minimum atomic E-state index is 0.725. The average Bonchev–Trinajstić information content (AvgIpc) is 3.40. The van der Waals surface area contributed by atoms with Crippen LogP contribution >= 0.6 is 0 Å². The molecule has 9 aromatic rings. The largest absolute Gasteiger partial charge is 0.309 e. The molecule has 0 bridgehead atoms. The van der Waals surface area contributed by atoms with Gasteiger partial charge in [0.05, 0.1) is 22.2 Å². The van der Waals surface area contributed by atoms with E-state index in [4.69, 9.17) is 9.97 Å². The number of benzene rings is 7. The van der Waals surface area contributed by atoms with E-state index < -0.39 is 0 Å². The van der Waals surface area contributed by atoms with Crippen molar-refractivity contribution in [3.63, 3.8) is 0 Å². The van der Waals surface area contributed by atoms with E-state index >= 15 is 0 Å². The Morgan fingerprint density at radius 1 is 0.419 bits per heavy atom. The summed E-state index contributed by atoms with van der Waals surface area (Å²) in [6.45, 7) is 0. The molecule has 7 aromatic carbocycles. The molecule has 0 radical (unpaired) electrons. The predicted octanol–water partition coefficient (Wildman–Crippen LogP) is 10.4. The van der Waals surface area contributed by atoms with Gasteiger partial charge in [-0.1, -0.05) is 103 Å². The van der Waals surface area contributed by atoms with Crippen LogP contribution in [0.5, 0.6) is 0 Å². The van der Waals surface area contributed by atoms with Crippen LogP contribution in [0.25, 0.3) is 82.6 Å². The Morgan fingerprint density at radius 3 is 1.91 bits per heavy atom. The van der Waals surface area contributed by atoms with Gasteiger partial charge in [0.2, 0.25) is 0 Å². The summed E-state index contributed by atoms with van der Waals surface area (Å²) in [6, 6.07) is 53.7. The molecule has 43 heavy (non-hydrogen) atoms. The lowest BCUT2D eigenvalue weighted by atomic mass is 10.0. The van der Waals surface area contributed by atoms with Crippen molar-refractivity contribution in [2.75, 3.05) is 0 Å². The van der Waals surface area contributed by atoms with Crippen LogP contribution in [0.2, 0.25) is 0 Å². The molecule has 0 aliphatic heterocycles. The second kappa shape index (κ2) is 9.37. The third kappa shape index (κ3) is 3.75. The highest BCUT2D eigenvalue weighted by Gasteiger charge is 2.17. The molecule has 0 aliphatic carbocycles. The van der Waals surface area contributed by atoms with Crippen molar-refractivity contribution in [1.29, 1.82) is 0 Å². The summed E-state index contributed by atoms with van der Waals surface area (Å²) in [5.41, 5.74) is 7.48. The van der Waals surface area contributed by atoms with E-state index in [-0.39, 0.29) is 0 Å². The highest BCUT2D eigenvalue weighted by Crippen LogP contribution is 2.39. The quantitative estimate of drug-likeness (QED) is 0.220. The molecule has 9 rings (SSSR count). The van der Waals surface area contributed by atoms with Crippen molar-refractivity contribution >= 4 is 54.3 Å². The number of fused-ring (bicyclic) bond motifs is 7. The van der Waals surface area contributed by atoms with Gasteiger partial charge < -0.3 is 4.57 Å². The lowest BCUT2D eigenvalue weighted by Crippen LogP contribution is -1.97. The maximum Gasteiger partial charge on any atom is 0.160 e. The maximum absolute atomic E-state index is 5.08. The Hall–Kier alpha value is -5.80. The van der Waals surface area contributed by atoms with Gasteiger partial charge >= 0.3 is 0 Å². The van der Waals surface area contributed by atoms with Crippen LogP contribution in [-0.2, 0) is 0 Å². The normalized spacial score (nSPS) is 11.7. The Bertz CT molecular complexity index is 2490. The zero-order valence-corrected chi connectivity index (χ0v) is 23.3. The molecular formula is C40H25N3. The fourth-order valence-electron chi connectivity index (χ4n) is 6.53. The summed E-state index contributed by atoms with van der Waals surface area (Å²) >= 11 is 0. The van der Waals surface area contributed by atoms with Crippen molar-refractivity contribution < 1.29 is 0 Å². The van der Waals surface area contributed by atoms with Gasteiger partial charge in [0.1, 0.15) is 0 Å². The van der Waals surface area contributed by atoms with Crippen LogP contribution in [0.1, 0.15) is 0 Å². The Morgan fingerprint density at radius 2 is 1.09 bits per heavy atom. The van der Waals surface area contributed by atoms with Crippen LogP contribution in [0.4, 0.5) is 0 Å².